The highest BCUT2D eigenvalue weighted by atomic mass is 31.2. The zero-order valence-electron chi connectivity index (χ0n) is 16.2. The van der Waals surface area contributed by atoms with Gasteiger partial charge in [-0.25, -0.2) is 0 Å². The minimum Gasteiger partial charge on any atom is -0.481 e. The molecule has 3 N–H and O–H groups in total. The SMILES string of the molecule is Cc1cc(C)c(C=CP(=O)(O)CC(O)CC(=O)O)c(CC2CCCCC2)c1. The summed E-state index contributed by atoms with van der Waals surface area (Å²) in [5, 5.41) is 18.4. The fraction of sp³-hybridized carbons (Fsp3) is 0.571. The number of aliphatic hydroxyl groups excluding tert-OH is 1. The van der Waals surface area contributed by atoms with Crippen LogP contribution in [0, 0.1) is 19.8 Å². The van der Waals surface area contributed by atoms with Crippen LogP contribution in [-0.2, 0) is 15.8 Å². The van der Waals surface area contributed by atoms with E-state index in [0.717, 1.165) is 17.5 Å². The molecule has 0 heterocycles. The van der Waals surface area contributed by atoms with Crippen molar-refractivity contribution in [1.29, 1.82) is 0 Å². The maximum Gasteiger partial charge on any atom is 0.305 e. The van der Waals surface area contributed by atoms with Gasteiger partial charge in [-0.1, -0.05) is 49.8 Å². The van der Waals surface area contributed by atoms with Gasteiger partial charge in [-0.3, -0.25) is 9.36 Å². The third-order valence-corrected chi connectivity index (χ3v) is 6.77. The molecule has 1 aliphatic rings. The Morgan fingerprint density at radius 3 is 2.56 bits per heavy atom. The first kappa shape index (κ1) is 21.9. The van der Waals surface area contributed by atoms with Crippen molar-refractivity contribution in [3.8, 4) is 0 Å². The highest BCUT2D eigenvalue weighted by Crippen LogP contribution is 2.44. The second kappa shape index (κ2) is 9.68. The molecule has 5 nitrogen and oxygen atoms in total. The summed E-state index contributed by atoms with van der Waals surface area (Å²) in [6.45, 7) is 4.06. The lowest BCUT2D eigenvalue weighted by Gasteiger charge is -2.23. The Morgan fingerprint density at radius 1 is 1.26 bits per heavy atom. The number of carbonyl (C=O) groups is 1. The van der Waals surface area contributed by atoms with E-state index >= 15 is 0 Å². The van der Waals surface area contributed by atoms with Crippen molar-refractivity contribution in [1.82, 2.24) is 0 Å². The number of rotatable bonds is 8. The van der Waals surface area contributed by atoms with E-state index in [0.29, 0.717) is 5.92 Å². The summed E-state index contributed by atoms with van der Waals surface area (Å²) in [7, 11) is -3.76. The maximum atomic E-state index is 12.4. The Kier molecular flexibility index (Phi) is 7.84. The molecule has 1 saturated carbocycles. The Hall–Kier alpha value is -1.42. The summed E-state index contributed by atoms with van der Waals surface area (Å²) >= 11 is 0. The van der Waals surface area contributed by atoms with Gasteiger partial charge in [0.1, 0.15) is 0 Å². The lowest BCUT2D eigenvalue weighted by atomic mass is 9.83. The van der Waals surface area contributed by atoms with Gasteiger partial charge < -0.3 is 15.1 Å². The Bertz CT molecular complexity index is 734. The van der Waals surface area contributed by atoms with Crippen LogP contribution in [0.2, 0.25) is 0 Å². The first-order valence-corrected chi connectivity index (χ1v) is 11.6. The minimum atomic E-state index is -3.76. The lowest BCUT2D eigenvalue weighted by molar-refractivity contribution is -0.138. The molecule has 27 heavy (non-hydrogen) atoms. The van der Waals surface area contributed by atoms with Crippen LogP contribution in [0.25, 0.3) is 6.08 Å². The van der Waals surface area contributed by atoms with Gasteiger partial charge in [0.25, 0.3) is 0 Å². The number of hydrogen-bond donors (Lipinski definition) is 3. The van der Waals surface area contributed by atoms with Gasteiger partial charge in [0, 0.05) is 5.82 Å². The van der Waals surface area contributed by atoms with Gasteiger partial charge in [0.2, 0.25) is 7.37 Å². The van der Waals surface area contributed by atoms with Crippen molar-refractivity contribution in [2.45, 2.75) is 64.9 Å². The quantitative estimate of drug-likeness (QED) is 0.564. The van der Waals surface area contributed by atoms with Crippen LogP contribution >= 0.6 is 7.37 Å². The third-order valence-electron chi connectivity index (χ3n) is 5.21. The number of benzene rings is 1. The molecule has 0 bridgehead atoms. The number of aliphatic hydroxyl groups is 1. The summed E-state index contributed by atoms with van der Waals surface area (Å²) in [6, 6.07) is 4.22. The molecule has 0 amide bonds. The van der Waals surface area contributed by atoms with E-state index in [1.165, 1.54) is 49.0 Å². The number of carboxylic acid groups (broad SMARTS) is 1. The molecule has 2 atom stereocenters. The molecule has 0 aliphatic heterocycles. The van der Waals surface area contributed by atoms with E-state index in [-0.39, 0.29) is 0 Å². The number of aliphatic carboxylic acids is 1. The fourth-order valence-corrected chi connectivity index (χ4v) is 5.23. The van der Waals surface area contributed by atoms with Crippen LogP contribution in [0.5, 0.6) is 0 Å². The van der Waals surface area contributed by atoms with Gasteiger partial charge in [0.15, 0.2) is 0 Å². The number of carboxylic acids is 1. The van der Waals surface area contributed by atoms with Crippen molar-refractivity contribution in [2.24, 2.45) is 5.92 Å². The molecular formula is C21H31O5P. The molecule has 0 spiro atoms. The fourth-order valence-electron chi connectivity index (χ4n) is 4.00. The Labute approximate surface area is 161 Å². The van der Waals surface area contributed by atoms with Crippen LogP contribution in [0.4, 0.5) is 0 Å². The normalized spacial score (nSPS) is 19.1. The molecule has 2 unspecified atom stereocenters. The van der Waals surface area contributed by atoms with Crippen molar-refractivity contribution < 1.29 is 24.5 Å². The zero-order valence-corrected chi connectivity index (χ0v) is 17.1. The molecular weight excluding hydrogens is 363 g/mol. The molecule has 1 aliphatic carbocycles. The molecule has 2 rings (SSSR count). The molecule has 0 radical (unpaired) electrons. The van der Waals surface area contributed by atoms with Gasteiger partial charge in [-0.15, -0.1) is 0 Å². The van der Waals surface area contributed by atoms with E-state index in [1.807, 2.05) is 6.92 Å². The smallest absolute Gasteiger partial charge is 0.305 e. The van der Waals surface area contributed by atoms with E-state index in [1.54, 1.807) is 6.08 Å². The summed E-state index contributed by atoms with van der Waals surface area (Å²) in [4.78, 5) is 20.8. The van der Waals surface area contributed by atoms with E-state index in [2.05, 4.69) is 19.1 Å². The van der Waals surface area contributed by atoms with Gasteiger partial charge in [-0.05, 0) is 49.0 Å². The Morgan fingerprint density at radius 2 is 1.93 bits per heavy atom. The Balaban J connectivity index is 2.19. The standard InChI is InChI=1S/C21H31O5P/c1-15-10-16(2)20(18(11-15)12-17-6-4-3-5-7-17)8-9-27(25,26)14-19(22)13-21(23)24/h8-11,17,19,22H,3-7,12-14H2,1-2H3,(H,23,24)(H,25,26). The summed E-state index contributed by atoms with van der Waals surface area (Å²) in [5.41, 5.74) is 4.40. The molecule has 0 aromatic heterocycles. The number of hydrogen-bond acceptors (Lipinski definition) is 3. The lowest BCUT2D eigenvalue weighted by Crippen LogP contribution is -2.17. The molecule has 1 fully saturated rings. The molecule has 150 valence electrons. The first-order valence-electron chi connectivity index (χ1n) is 9.67. The zero-order chi connectivity index (χ0) is 20.0. The van der Waals surface area contributed by atoms with Crippen LogP contribution in [0.3, 0.4) is 0 Å². The topological polar surface area (TPSA) is 94.8 Å². The van der Waals surface area contributed by atoms with Crippen LogP contribution in [-0.4, -0.2) is 33.3 Å². The highest BCUT2D eigenvalue weighted by molar-refractivity contribution is 7.61. The van der Waals surface area contributed by atoms with Crippen LogP contribution < -0.4 is 0 Å². The van der Waals surface area contributed by atoms with Crippen molar-refractivity contribution >= 4 is 19.4 Å². The average Bonchev–Trinajstić information content (AvgIpc) is 2.53. The maximum absolute atomic E-state index is 12.4. The van der Waals surface area contributed by atoms with Gasteiger partial charge >= 0.3 is 5.97 Å². The minimum absolute atomic E-state index is 0.446. The van der Waals surface area contributed by atoms with E-state index in [9.17, 15) is 19.4 Å². The first-order chi connectivity index (χ1) is 12.7. The third kappa shape index (κ3) is 7.25. The van der Waals surface area contributed by atoms with Crippen molar-refractivity contribution in [2.75, 3.05) is 6.16 Å². The summed E-state index contributed by atoms with van der Waals surface area (Å²) < 4.78 is 12.4. The van der Waals surface area contributed by atoms with Gasteiger partial charge in [-0.2, -0.15) is 0 Å². The highest BCUT2D eigenvalue weighted by Gasteiger charge is 2.22. The van der Waals surface area contributed by atoms with E-state index in [4.69, 9.17) is 5.11 Å². The molecule has 0 saturated heterocycles. The van der Waals surface area contributed by atoms with Crippen LogP contribution in [0.15, 0.2) is 17.9 Å². The average molecular weight is 394 g/mol. The van der Waals surface area contributed by atoms with Gasteiger partial charge in [0.05, 0.1) is 18.7 Å². The second-order valence-electron chi connectivity index (χ2n) is 7.87. The summed E-state index contributed by atoms with van der Waals surface area (Å²) in [5.74, 6) is 0.723. The largest absolute Gasteiger partial charge is 0.481 e. The predicted octanol–water partition coefficient (Wildman–Crippen LogP) is 4.50. The van der Waals surface area contributed by atoms with Crippen LogP contribution in [0.1, 0.15) is 60.8 Å². The second-order valence-corrected chi connectivity index (χ2v) is 10.0. The predicted molar refractivity (Wildman–Crippen MR) is 108 cm³/mol. The van der Waals surface area contributed by atoms with Crippen molar-refractivity contribution in [3.05, 3.63) is 40.2 Å². The van der Waals surface area contributed by atoms with E-state index < -0.39 is 32.0 Å². The molecule has 1 aromatic carbocycles. The number of aryl methyl sites for hydroxylation is 2. The molecule has 1 aromatic rings. The summed E-state index contributed by atoms with van der Waals surface area (Å²) in [6.07, 6.45) is 6.66. The van der Waals surface area contributed by atoms with Crippen molar-refractivity contribution in [3.63, 3.8) is 0 Å². The monoisotopic (exact) mass is 394 g/mol. The molecule has 6 heteroatoms.